The molecule has 0 saturated carbocycles. The van der Waals surface area contributed by atoms with Gasteiger partial charge in [-0.3, -0.25) is 9.59 Å². The Balaban J connectivity index is 1.50. The van der Waals surface area contributed by atoms with Gasteiger partial charge in [0.25, 0.3) is 5.91 Å². The highest BCUT2D eigenvalue weighted by molar-refractivity contribution is 8.00. The molecular formula is C24H22N2O4S. The van der Waals surface area contributed by atoms with Crippen molar-refractivity contribution in [2.75, 3.05) is 17.2 Å². The van der Waals surface area contributed by atoms with Gasteiger partial charge in [-0.15, -0.1) is 11.8 Å². The lowest BCUT2D eigenvalue weighted by molar-refractivity contribution is -0.115. The molecule has 0 spiro atoms. The van der Waals surface area contributed by atoms with Gasteiger partial charge in [0.05, 0.1) is 23.2 Å². The molecule has 0 fully saturated rings. The molecule has 3 aromatic rings. The van der Waals surface area contributed by atoms with Gasteiger partial charge in [-0.1, -0.05) is 12.1 Å². The van der Waals surface area contributed by atoms with Crippen LogP contribution in [-0.2, 0) is 4.79 Å². The first-order valence-electron chi connectivity index (χ1n) is 9.96. The van der Waals surface area contributed by atoms with Crippen LogP contribution in [-0.4, -0.2) is 23.7 Å². The molecule has 3 aromatic carbocycles. The molecule has 1 aliphatic rings. The van der Waals surface area contributed by atoms with E-state index in [1.165, 1.54) is 11.8 Å². The summed E-state index contributed by atoms with van der Waals surface area (Å²) in [5.74, 6) is 1.57. The number of fused-ring (bicyclic) bond motifs is 1. The normalized spacial score (nSPS) is 14.9. The van der Waals surface area contributed by atoms with Crippen LogP contribution in [0.3, 0.4) is 0 Å². The van der Waals surface area contributed by atoms with Crippen LogP contribution in [0, 0.1) is 0 Å². The molecule has 2 N–H and O–H groups in total. The number of anilines is 2. The van der Waals surface area contributed by atoms with E-state index in [2.05, 4.69) is 10.6 Å². The maximum Gasteiger partial charge on any atom is 0.255 e. The van der Waals surface area contributed by atoms with Gasteiger partial charge in [-0.05, 0) is 68.4 Å². The van der Waals surface area contributed by atoms with Crippen molar-refractivity contribution in [3.05, 3.63) is 72.3 Å². The van der Waals surface area contributed by atoms with E-state index in [1.807, 2.05) is 56.3 Å². The van der Waals surface area contributed by atoms with E-state index in [0.717, 1.165) is 10.6 Å². The third kappa shape index (κ3) is 4.83. The largest absolute Gasteiger partial charge is 0.494 e. The standard InChI is InChI=1S/C24H22N2O4S/c1-3-29-17-9-11-18(12-10-17)30-21-7-5-4-6-19(21)25-24(28)16-8-13-22-20(14-16)26-23(27)15(2)31-22/h4-15H,3H2,1-2H3,(H,25,28)(H,26,27). The van der Waals surface area contributed by atoms with Crippen molar-refractivity contribution >= 4 is 35.0 Å². The zero-order valence-corrected chi connectivity index (χ0v) is 18.0. The van der Waals surface area contributed by atoms with Gasteiger partial charge >= 0.3 is 0 Å². The van der Waals surface area contributed by atoms with Crippen molar-refractivity contribution in [3.63, 3.8) is 0 Å². The molecule has 2 amide bonds. The van der Waals surface area contributed by atoms with E-state index in [9.17, 15) is 9.59 Å². The lowest BCUT2D eigenvalue weighted by Gasteiger charge is -2.21. The van der Waals surface area contributed by atoms with Crippen molar-refractivity contribution in [2.24, 2.45) is 0 Å². The summed E-state index contributed by atoms with van der Waals surface area (Å²) in [7, 11) is 0. The highest BCUT2D eigenvalue weighted by Gasteiger charge is 2.24. The van der Waals surface area contributed by atoms with Crippen LogP contribution in [0.4, 0.5) is 11.4 Å². The SMILES string of the molecule is CCOc1ccc(Oc2ccccc2NC(=O)c2ccc3c(c2)NC(=O)C(C)S3)cc1. The number of benzene rings is 3. The Labute approximate surface area is 185 Å². The molecule has 1 aliphatic heterocycles. The summed E-state index contributed by atoms with van der Waals surface area (Å²) in [6.45, 7) is 4.38. The third-order valence-electron chi connectivity index (χ3n) is 4.67. The Morgan fingerprint density at radius 3 is 2.58 bits per heavy atom. The molecule has 1 unspecified atom stereocenters. The zero-order chi connectivity index (χ0) is 21.8. The summed E-state index contributed by atoms with van der Waals surface area (Å²) < 4.78 is 11.4. The van der Waals surface area contributed by atoms with Gasteiger partial charge in [-0.2, -0.15) is 0 Å². The van der Waals surface area contributed by atoms with E-state index in [4.69, 9.17) is 9.47 Å². The van der Waals surface area contributed by atoms with Gasteiger partial charge in [0.1, 0.15) is 11.5 Å². The maximum absolute atomic E-state index is 12.9. The van der Waals surface area contributed by atoms with E-state index < -0.39 is 0 Å². The second kappa shape index (κ2) is 9.14. The number of hydrogen-bond donors (Lipinski definition) is 2. The van der Waals surface area contributed by atoms with E-state index in [1.54, 1.807) is 24.3 Å². The first-order chi connectivity index (χ1) is 15.0. The van der Waals surface area contributed by atoms with Crippen LogP contribution in [0.25, 0.3) is 0 Å². The number of para-hydroxylation sites is 2. The summed E-state index contributed by atoms with van der Waals surface area (Å²) in [6.07, 6.45) is 0. The molecule has 0 aromatic heterocycles. The lowest BCUT2D eigenvalue weighted by atomic mass is 10.1. The number of rotatable bonds is 6. The molecule has 6 nitrogen and oxygen atoms in total. The van der Waals surface area contributed by atoms with Gasteiger partial charge in [0, 0.05) is 10.5 Å². The fraction of sp³-hybridized carbons (Fsp3) is 0.167. The summed E-state index contributed by atoms with van der Waals surface area (Å²) >= 11 is 1.48. The van der Waals surface area contributed by atoms with Gasteiger partial charge in [-0.25, -0.2) is 0 Å². The minimum absolute atomic E-state index is 0.0656. The van der Waals surface area contributed by atoms with Crippen molar-refractivity contribution in [1.82, 2.24) is 0 Å². The average molecular weight is 435 g/mol. The Bertz CT molecular complexity index is 1110. The summed E-state index contributed by atoms with van der Waals surface area (Å²) in [5.41, 5.74) is 1.65. The molecule has 7 heteroatoms. The number of carbonyl (C=O) groups excluding carboxylic acids is 2. The van der Waals surface area contributed by atoms with Crippen LogP contribution in [0.15, 0.2) is 71.6 Å². The Kier molecular flexibility index (Phi) is 6.13. The average Bonchev–Trinajstić information content (AvgIpc) is 2.77. The van der Waals surface area contributed by atoms with E-state index in [-0.39, 0.29) is 17.1 Å². The maximum atomic E-state index is 12.9. The fourth-order valence-corrected chi connectivity index (χ4v) is 4.03. The molecular weight excluding hydrogens is 412 g/mol. The van der Waals surface area contributed by atoms with Crippen molar-refractivity contribution in [2.45, 2.75) is 24.0 Å². The lowest BCUT2D eigenvalue weighted by Crippen LogP contribution is -2.26. The topological polar surface area (TPSA) is 76.7 Å². The van der Waals surface area contributed by atoms with E-state index >= 15 is 0 Å². The molecule has 0 bridgehead atoms. The van der Waals surface area contributed by atoms with Crippen LogP contribution in [0.1, 0.15) is 24.2 Å². The Hall–Kier alpha value is -3.45. The number of ether oxygens (including phenoxy) is 2. The quantitative estimate of drug-likeness (QED) is 0.531. The minimum Gasteiger partial charge on any atom is -0.494 e. The van der Waals surface area contributed by atoms with Crippen molar-refractivity contribution in [1.29, 1.82) is 0 Å². The molecule has 31 heavy (non-hydrogen) atoms. The Morgan fingerprint density at radius 1 is 1.06 bits per heavy atom. The predicted octanol–water partition coefficient (Wildman–Crippen LogP) is 5.56. The van der Waals surface area contributed by atoms with Gasteiger partial charge in [0.15, 0.2) is 5.75 Å². The molecule has 1 atom stereocenters. The molecule has 0 saturated heterocycles. The van der Waals surface area contributed by atoms with Crippen LogP contribution >= 0.6 is 11.8 Å². The summed E-state index contributed by atoms with van der Waals surface area (Å²) in [6, 6.07) is 19.8. The molecule has 0 aliphatic carbocycles. The monoisotopic (exact) mass is 434 g/mol. The number of thioether (sulfide) groups is 1. The van der Waals surface area contributed by atoms with Crippen LogP contribution in [0.5, 0.6) is 17.2 Å². The highest BCUT2D eigenvalue weighted by atomic mass is 32.2. The predicted molar refractivity (Wildman–Crippen MR) is 122 cm³/mol. The first kappa shape index (κ1) is 20.8. The van der Waals surface area contributed by atoms with Crippen molar-refractivity contribution < 1.29 is 19.1 Å². The number of carbonyl (C=O) groups is 2. The second-order valence-electron chi connectivity index (χ2n) is 6.92. The smallest absolute Gasteiger partial charge is 0.255 e. The zero-order valence-electron chi connectivity index (χ0n) is 17.2. The molecule has 0 radical (unpaired) electrons. The minimum atomic E-state index is -0.289. The molecule has 158 valence electrons. The van der Waals surface area contributed by atoms with Crippen molar-refractivity contribution in [3.8, 4) is 17.2 Å². The van der Waals surface area contributed by atoms with Gasteiger partial charge in [0.2, 0.25) is 5.91 Å². The third-order valence-corrected chi connectivity index (χ3v) is 5.85. The molecule has 1 heterocycles. The number of hydrogen-bond acceptors (Lipinski definition) is 5. The van der Waals surface area contributed by atoms with Crippen LogP contribution < -0.4 is 20.1 Å². The first-order valence-corrected chi connectivity index (χ1v) is 10.8. The number of amides is 2. The van der Waals surface area contributed by atoms with E-state index in [0.29, 0.717) is 35.0 Å². The van der Waals surface area contributed by atoms with Crippen LogP contribution in [0.2, 0.25) is 0 Å². The summed E-state index contributed by atoms with van der Waals surface area (Å²) in [4.78, 5) is 25.8. The summed E-state index contributed by atoms with van der Waals surface area (Å²) in [5, 5.41) is 5.60. The fourth-order valence-electron chi connectivity index (χ4n) is 3.10. The number of nitrogens with one attached hydrogen (secondary N) is 2. The second-order valence-corrected chi connectivity index (χ2v) is 8.30. The van der Waals surface area contributed by atoms with Gasteiger partial charge < -0.3 is 20.1 Å². The Morgan fingerprint density at radius 2 is 1.81 bits per heavy atom. The molecule has 4 rings (SSSR count). The highest BCUT2D eigenvalue weighted by Crippen LogP contribution is 2.36.